The number of nitrogens with zero attached hydrogens (tertiary/aromatic N) is 1. The smallest absolute Gasteiger partial charge is 0.256 e. The van der Waals surface area contributed by atoms with Gasteiger partial charge in [-0.3, -0.25) is 10.1 Å². The molecule has 0 saturated carbocycles. The van der Waals surface area contributed by atoms with Gasteiger partial charge in [0, 0.05) is 6.08 Å². The zero-order valence-corrected chi connectivity index (χ0v) is 7.82. The van der Waals surface area contributed by atoms with Crippen molar-refractivity contribution in [2.24, 2.45) is 0 Å². The van der Waals surface area contributed by atoms with E-state index in [0.717, 1.165) is 5.56 Å². The molecule has 0 heterocycles. The maximum absolute atomic E-state index is 10.9. The molecule has 1 rings (SSSR count). The van der Waals surface area contributed by atoms with E-state index in [2.05, 4.69) is 0 Å². The molecule has 0 radical (unpaired) electrons. The molecular weight excluding hydrogens is 176 g/mol. The summed E-state index contributed by atoms with van der Waals surface area (Å²) in [7, 11) is 0. The molecule has 70 valence electrons. The van der Waals surface area contributed by atoms with Crippen molar-refractivity contribution in [3.05, 3.63) is 41.5 Å². The van der Waals surface area contributed by atoms with Crippen LogP contribution in [0.25, 0.3) is 6.08 Å². The predicted molar refractivity (Wildman–Crippen MR) is 54.0 cm³/mol. The summed E-state index contributed by atoms with van der Waals surface area (Å²) in [5, 5.41) is 10.2. The van der Waals surface area contributed by atoms with Gasteiger partial charge >= 0.3 is 0 Å². The average molecular weight is 186 g/mol. The monoisotopic (exact) mass is 186 g/mol. The van der Waals surface area contributed by atoms with Gasteiger partial charge in [-0.05, 0) is 18.6 Å². The summed E-state index contributed by atoms with van der Waals surface area (Å²) in [6, 6.07) is 7.74. The van der Waals surface area contributed by atoms with Crippen molar-refractivity contribution in [3.8, 4) is 6.19 Å². The number of nitriles is 1. The van der Waals surface area contributed by atoms with Crippen LogP contribution < -0.4 is 5.32 Å². The van der Waals surface area contributed by atoms with Crippen molar-refractivity contribution < 1.29 is 4.79 Å². The molecule has 0 aromatic heterocycles. The second kappa shape index (κ2) is 4.83. The molecule has 0 fully saturated rings. The zero-order valence-electron chi connectivity index (χ0n) is 7.82. The molecule has 0 unspecified atom stereocenters. The lowest BCUT2D eigenvalue weighted by atomic mass is 10.1. The average Bonchev–Trinajstić information content (AvgIpc) is 2.17. The predicted octanol–water partition coefficient (Wildman–Crippen LogP) is 1.61. The standard InChI is InChI=1S/C11H10N2O/c1-9-2-4-10(5-3-9)6-7-11(14)13-8-12/h2-7H,1H3,(H,13,14)/b7-6+. The highest BCUT2D eigenvalue weighted by molar-refractivity contribution is 5.92. The molecule has 0 aliphatic heterocycles. The van der Waals surface area contributed by atoms with Gasteiger partial charge in [0.1, 0.15) is 0 Å². The minimum absolute atomic E-state index is 0.409. The quantitative estimate of drug-likeness (QED) is 0.433. The molecule has 0 spiro atoms. The molecule has 1 aromatic carbocycles. The highest BCUT2D eigenvalue weighted by Gasteiger charge is 1.91. The van der Waals surface area contributed by atoms with E-state index in [1.54, 1.807) is 12.3 Å². The molecule has 0 saturated heterocycles. The molecule has 14 heavy (non-hydrogen) atoms. The fraction of sp³-hybridized carbons (Fsp3) is 0.0909. The number of aryl methyl sites for hydroxylation is 1. The van der Waals surface area contributed by atoms with Crippen molar-refractivity contribution in [2.75, 3.05) is 0 Å². The van der Waals surface area contributed by atoms with Crippen molar-refractivity contribution in [1.82, 2.24) is 5.32 Å². The van der Waals surface area contributed by atoms with Gasteiger partial charge in [-0.15, -0.1) is 0 Å². The minimum Gasteiger partial charge on any atom is -0.269 e. The van der Waals surface area contributed by atoms with E-state index in [0.29, 0.717) is 0 Å². The number of carbonyl (C=O) groups is 1. The van der Waals surface area contributed by atoms with Crippen molar-refractivity contribution in [1.29, 1.82) is 5.26 Å². The van der Waals surface area contributed by atoms with Gasteiger partial charge in [-0.1, -0.05) is 29.8 Å². The second-order valence-corrected chi connectivity index (χ2v) is 2.85. The summed E-state index contributed by atoms with van der Waals surface area (Å²) in [5.74, 6) is -0.409. The van der Waals surface area contributed by atoms with Gasteiger partial charge in [-0.25, -0.2) is 0 Å². The lowest BCUT2D eigenvalue weighted by Crippen LogP contribution is -2.13. The SMILES string of the molecule is Cc1ccc(/C=C/C(=O)NC#N)cc1. The van der Waals surface area contributed by atoms with Crippen LogP contribution >= 0.6 is 0 Å². The molecule has 1 aromatic rings. The van der Waals surface area contributed by atoms with Crippen LogP contribution in [-0.2, 0) is 4.79 Å². The van der Waals surface area contributed by atoms with E-state index in [-0.39, 0.29) is 0 Å². The molecule has 0 bridgehead atoms. The van der Waals surface area contributed by atoms with Crippen LogP contribution in [-0.4, -0.2) is 5.91 Å². The maximum Gasteiger partial charge on any atom is 0.256 e. The third-order valence-electron chi connectivity index (χ3n) is 1.68. The summed E-state index contributed by atoms with van der Waals surface area (Å²) in [6.45, 7) is 2.00. The van der Waals surface area contributed by atoms with Crippen LogP contribution in [0, 0.1) is 18.4 Å². The lowest BCUT2D eigenvalue weighted by molar-refractivity contribution is -0.115. The molecule has 1 amide bonds. The Bertz CT molecular complexity index is 385. The first-order chi connectivity index (χ1) is 6.72. The number of hydrogen-bond acceptors (Lipinski definition) is 2. The van der Waals surface area contributed by atoms with Crippen LogP contribution in [0.4, 0.5) is 0 Å². The molecule has 1 N–H and O–H groups in total. The van der Waals surface area contributed by atoms with E-state index in [4.69, 9.17) is 5.26 Å². The van der Waals surface area contributed by atoms with E-state index < -0.39 is 5.91 Å². The van der Waals surface area contributed by atoms with Crippen molar-refractivity contribution >= 4 is 12.0 Å². The Labute approximate surface area is 82.7 Å². The first-order valence-electron chi connectivity index (χ1n) is 4.16. The fourth-order valence-electron chi connectivity index (χ4n) is 0.946. The topological polar surface area (TPSA) is 52.9 Å². The summed E-state index contributed by atoms with van der Waals surface area (Å²) in [4.78, 5) is 10.9. The van der Waals surface area contributed by atoms with Crippen molar-refractivity contribution in [2.45, 2.75) is 6.92 Å². The normalized spacial score (nSPS) is 9.71. The third kappa shape index (κ3) is 3.11. The van der Waals surface area contributed by atoms with Crippen LogP contribution in [0.2, 0.25) is 0 Å². The molecule has 0 aliphatic carbocycles. The van der Waals surface area contributed by atoms with Gasteiger partial charge < -0.3 is 0 Å². The first kappa shape index (κ1) is 10.0. The molecule has 0 aliphatic rings. The lowest BCUT2D eigenvalue weighted by Gasteiger charge is -1.93. The molecule has 3 heteroatoms. The summed E-state index contributed by atoms with van der Waals surface area (Å²) >= 11 is 0. The maximum atomic E-state index is 10.9. The van der Waals surface area contributed by atoms with Crippen molar-refractivity contribution in [3.63, 3.8) is 0 Å². The largest absolute Gasteiger partial charge is 0.269 e. The Hall–Kier alpha value is -2.08. The van der Waals surface area contributed by atoms with E-state index in [9.17, 15) is 4.79 Å². The van der Waals surface area contributed by atoms with Gasteiger partial charge in [0.05, 0.1) is 0 Å². The second-order valence-electron chi connectivity index (χ2n) is 2.85. The van der Waals surface area contributed by atoms with Crippen LogP contribution in [0.3, 0.4) is 0 Å². The Kier molecular flexibility index (Phi) is 3.45. The van der Waals surface area contributed by atoms with Gasteiger partial charge in [0.25, 0.3) is 5.91 Å². The summed E-state index contributed by atoms with van der Waals surface area (Å²) < 4.78 is 0. The number of carbonyl (C=O) groups excluding carboxylic acids is 1. The Morgan fingerprint density at radius 3 is 2.64 bits per heavy atom. The third-order valence-corrected chi connectivity index (χ3v) is 1.68. The minimum atomic E-state index is -0.409. The van der Waals surface area contributed by atoms with Crippen LogP contribution in [0.1, 0.15) is 11.1 Å². The van der Waals surface area contributed by atoms with E-state index >= 15 is 0 Å². The van der Waals surface area contributed by atoms with Crippen LogP contribution in [0.5, 0.6) is 0 Å². The molecular formula is C11H10N2O. The highest BCUT2D eigenvalue weighted by atomic mass is 16.1. The highest BCUT2D eigenvalue weighted by Crippen LogP contribution is 2.04. The number of hydrogen-bond donors (Lipinski definition) is 1. The van der Waals surface area contributed by atoms with Gasteiger partial charge in [0.2, 0.25) is 0 Å². The fourth-order valence-corrected chi connectivity index (χ4v) is 0.946. The summed E-state index contributed by atoms with van der Waals surface area (Å²) in [6.07, 6.45) is 4.55. The number of nitrogens with one attached hydrogen (secondary N) is 1. The van der Waals surface area contributed by atoms with E-state index in [1.165, 1.54) is 11.6 Å². The Morgan fingerprint density at radius 1 is 1.43 bits per heavy atom. The Morgan fingerprint density at radius 2 is 2.07 bits per heavy atom. The molecule has 3 nitrogen and oxygen atoms in total. The van der Waals surface area contributed by atoms with E-state index in [1.807, 2.05) is 36.5 Å². The van der Waals surface area contributed by atoms with Crippen LogP contribution in [0.15, 0.2) is 30.3 Å². The Balaban J connectivity index is 2.65. The number of benzene rings is 1. The molecule has 0 atom stereocenters. The number of amides is 1. The van der Waals surface area contributed by atoms with Gasteiger partial charge in [-0.2, -0.15) is 5.26 Å². The number of rotatable bonds is 2. The first-order valence-corrected chi connectivity index (χ1v) is 4.16. The summed E-state index contributed by atoms with van der Waals surface area (Å²) in [5.41, 5.74) is 2.10. The van der Waals surface area contributed by atoms with Gasteiger partial charge in [0.15, 0.2) is 6.19 Å². The zero-order chi connectivity index (χ0) is 10.4.